The molecule has 2 aromatic carbocycles. The quantitative estimate of drug-likeness (QED) is 0.491. The molecular formula is C19H19Cl2N3O3S. The molecule has 28 heavy (non-hydrogen) atoms. The fourth-order valence-electron chi connectivity index (χ4n) is 2.45. The van der Waals surface area contributed by atoms with Gasteiger partial charge in [0.2, 0.25) is 0 Å². The van der Waals surface area contributed by atoms with Gasteiger partial charge in [-0.1, -0.05) is 36.5 Å². The van der Waals surface area contributed by atoms with E-state index in [-0.39, 0.29) is 15.2 Å². The third kappa shape index (κ3) is 4.79. The topological polar surface area (TPSA) is 73.2 Å². The molecule has 9 heteroatoms. The summed E-state index contributed by atoms with van der Waals surface area (Å²) in [5.74, 6) is 0.646. The summed E-state index contributed by atoms with van der Waals surface area (Å²) in [5, 5.41) is 0.491. The van der Waals surface area contributed by atoms with Crippen LogP contribution in [-0.2, 0) is 10.0 Å². The fraction of sp³-hybridized carbons (Fsp3) is 0.211. The number of sulfonamides is 1. The first-order valence-electron chi connectivity index (χ1n) is 8.65. The summed E-state index contributed by atoms with van der Waals surface area (Å²) in [7, 11) is -3.71. The van der Waals surface area contributed by atoms with Crippen LogP contribution >= 0.6 is 23.2 Å². The van der Waals surface area contributed by atoms with Gasteiger partial charge in [0.25, 0.3) is 10.0 Å². The number of anilines is 1. The Morgan fingerprint density at radius 1 is 1.07 bits per heavy atom. The summed E-state index contributed by atoms with van der Waals surface area (Å²) in [5.41, 5.74) is 1.13. The van der Waals surface area contributed by atoms with E-state index in [1.165, 1.54) is 18.5 Å². The molecule has 0 bridgehead atoms. The van der Waals surface area contributed by atoms with E-state index in [0.29, 0.717) is 23.7 Å². The molecule has 148 valence electrons. The van der Waals surface area contributed by atoms with Gasteiger partial charge in [0, 0.05) is 11.4 Å². The van der Waals surface area contributed by atoms with Gasteiger partial charge in [-0.15, -0.1) is 0 Å². The lowest BCUT2D eigenvalue weighted by atomic mass is 10.3. The maximum atomic E-state index is 12.6. The molecule has 0 amide bonds. The van der Waals surface area contributed by atoms with E-state index < -0.39 is 10.0 Å². The van der Waals surface area contributed by atoms with Crippen molar-refractivity contribution in [2.24, 2.45) is 0 Å². The SMILES string of the molecule is CCCCOc1ccc(S(=O)(=O)Nc2ccc(-n3cnc(Cl)c3Cl)cc2)cc1. The van der Waals surface area contributed by atoms with E-state index >= 15 is 0 Å². The highest BCUT2D eigenvalue weighted by atomic mass is 35.5. The lowest BCUT2D eigenvalue weighted by Crippen LogP contribution is -2.13. The minimum absolute atomic E-state index is 0.156. The largest absolute Gasteiger partial charge is 0.494 e. The fourth-order valence-corrected chi connectivity index (χ4v) is 3.83. The number of halogens is 2. The second-order valence-electron chi connectivity index (χ2n) is 6.02. The van der Waals surface area contributed by atoms with Crippen LogP contribution in [0.1, 0.15) is 19.8 Å². The molecule has 0 saturated heterocycles. The van der Waals surface area contributed by atoms with Crippen molar-refractivity contribution >= 4 is 38.9 Å². The van der Waals surface area contributed by atoms with Gasteiger partial charge in [0.1, 0.15) is 12.1 Å². The Morgan fingerprint density at radius 2 is 1.75 bits per heavy atom. The van der Waals surface area contributed by atoms with Crippen LogP contribution in [0.3, 0.4) is 0 Å². The molecule has 0 unspecified atom stereocenters. The summed E-state index contributed by atoms with van der Waals surface area (Å²) in [6, 6.07) is 13.0. The first kappa shape index (κ1) is 20.5. The number of imidazole rings is 1. The molecule has 6 nitrogen and oxygen atoms in total. The molecule has 0 fully saturated rings. The predicted octanol–water partition coefficient (Wildman–Crippen LogP) is 5.16. The van der Waals surface area contributed by atoms with Gasteiger partial charge in [-0.2, -0.15) is 0 Å². The van der Waals surface area contributed by atoms with Crippen LogP contribution < -0.4 is 9.46 Å². The zero-order valence-electron chi connectivity index (χ0n) is 15.1. The number of benzene rings is 2. The Labute approximate surface area is 174 Å². The molecule has 1 aromatic heterocycles. The van der Waals surface area contributed by atoms with E-state index in [1.807, 2.05) is 0 Å². The van der Waals surface area contributed by atoms with Crippen molar-refractivity contribution in [2.45, 2.75) is 24.7 Å². The number of nitrogens with zero attached hydrogens (tertiary/aromatic N) is 2. The standard InChI is InChI=1S/C19H19Cl2N3O3S/c1-2-3-12-27-16-8-10-17(11-9-16)28(25,26)23-14-4-6-15(7-5-14)24-13-22-18(20)19(24)21/h4-11,13,23H,2-3,12H2,1H3. The van der Waals surface area contributed by atoms with E-state index in [2.05, 4.69) is 16.6 Å². The molecular weight excluding hydrogens is 421 g/mol. The summed E-state index contributed by atoms with van der Waals surface area (Å²) < 4.78 is 34.9. The zero-order valence-corrected chi connectivity index (χ0v) is 17.4. The molecule has 0 aliphatic heterocycles. The van der Waals surface area contributed by atoms with Crippen molar-refractivity contribution in [3.63, 3.8) is 0 Å². The second-order valence-corrected chi connectivity index (χ2v) is 8.42. The monoisotopic (exact) mass is 439 g/mol. The molecule has 0 radical (unpaired) electrons. The minimum Gasteiger partial charge on any atom is -0.494 e. The summed E-state index contributed by atoms with van der Waals surface area (Å²) in [6.45, 7) is 2.69. The molecule has 3 rings (SSSR count). The molecule has 0 saturated carbocycles. The Bertz CT molecular complexity index is 1030. The van der Waals surface area contributed by atoms with E-state index in [1.54, 1.807) is 41.0 Å². The average molecular weight is 440 g/mol. The van der Waals surface area contributed by atoms with Crippen LogP contribution in [0.5, 0.6) is 5.75 Å². The number of hydrogen-bond donors (Lipinski definition) is 1. The van der Waals surface area contributed by atoms with Crippen LogP contribution in [0.15, 0.2) is 59.8 Å². The van der Waals surface area contributed by atoms with E-state index in [9.17, 15) is 8.42 Å². The first-order valence-corrected chi connectivity index (χ1v) is 10.9. The number of aromatic nitrogens is 2. The normalized spacial score (nSPS) is 11.4. The van der Waals surface area contributed by atoms with Crippen LogP contribution in [0.2, 0.25) is 10.3 Å². The summed E-state index contributed by atoms with van der Waals surface area (Å²) in [6.07, 6.45) is 3.48. The number of nitrogens with one attached hydrogen (secondary N) is 1. The number of hydrogen-bond acceptors (Lipinski definition) is 4. The maximum absolute atomic E-state index is 12.6. The van der Waals surface area contributed by atoms with Crippen LogP contribution in [0, 0.1) is 0 Å². The Balaban J connectivity index is 1.71. The van der Waals surface area contributed by atoms with Crippen LogP contribution in [0.25, 0.3) is 5.69 Å². The molecule has 0 spiro atoms. The molecule has 0 atom stereocenters. The molecule has 0 aliphatic rings. The molecule has 3 aromatic rings. The van der Waals surface area contributed by atoms with Gasteiger partial charge >= 0.3 is 0 Å². The molecule has 0 aliphatic carbocycles. The Hall–Kier alpha value is -2.22. The van der Waals surface area contributed by atoms with Gasteiger partial charge in [-0.25, -0.2) is 13.4 Å². The van der Waals surface area contributed by atoms with Crippen molar-refractivity contribution in [2.75, 3.05) is 11.3 Å². The Morgan fingerprint density at radius 3 is 2.32 bits per heavy atom. The third-order valence-electron chi connectivity index (χ3n) is 3.97. The number of ether oxygens (including phenoxy) is 1. The first-order chi connectivity index (χ1) is 13.4. The highest BCUT2D eigenvalue weighted by Gasteiger charge is 2.15. The average Bonchev–Trinajstić information content (AvgIpc) is 3.02. The predicted molar refractivity (Wildman–Crippen MR) is 111 cm³/mol. The van der Waals surface area contributed by atoms with Crippen molar-refractivity contribution in [3.05, 3.63) is 65.2 Å². The van der Waals surface area contributed by atoms with E-state index in [0.717, 1.165) is 12.8 Å². The van der Waals surface area contributed by atoms with Crippen molar-refractivity contribution < 1.29 is 13.2 Å². The van der Waals surface area contributed by atoms with Crippen molar-refractivity contribution in [1.82, 2.24) is 9.55 Å². The van der Waals surface area contributed by atoms with Crippen molar-refractivity contribution in [1.29, 1.82) is 0 Å². The van der Waals surface area contributed by atoms with Crippen molar-refractivity contribution in [3.8, 4) is 11.4 Å². The number of rotatable bonds is 8. The van der Waals surface area contributed by atoms with Gasteiger partial charge < -0.3 is 4.74 Å². The van der Waals surface area contributed by atoms with Crippen LogP contribution in [-0.4, -0.2) is 24.6 Å². The van der Waals surface area contributed by atoms with Gasteiger partial charge in [-0.05, 0) is 55.0 Å². The van der Waals surface area contributed by atoms with Gasteiger partial charge in [-0.3, -0.25) is 9.29 Å². The summed E-state index contributed by atoms with van der Waals surface area (Å²) in [4.78, 5) is 4.08. The lowest BCUT2D eigenvalue weighted by Gasteiger charge is -2.10. The maximum Gasteiger partial charge on any atom is 0.261 e. The Kier molecular flexibility index (Phi) is 6.49. The lowest BCUT2D eigenvalue weighted by molar-refractivity contribution is 0.309. The van der Waals surface area contributed by atoms with E-state index in [4.69, 9.17) is 27.9 Å². The number of unbranched alkanes of at least 4 members (excludes halogenated alkanes) is 1. The van der Waals surface area contributed by atoms with Gasteiger partial charge in [0.05, 0.1) is 11.5 Å². The minimum atomic E-state index is -3.71. The third-order valence-corrected chi connectivity index (χ3v) is 6.10. The molecule has 1 heterocycles. The molecule has 1 N–H and O–H groups in total. The highest BCUT2D eigenvalue weighted by Crippen LogP contribution is 2.25. The zero-order chi connectivity index (χ0) is 20.1. The van der Waals surface area contributed by atoms with Gasteiger partial charge in [0.15, 0.2) is 10.3 Å². The highest BCUT2D eigenvalue weighted by molar-refractivity contribution is 7.92. The van der Waals surface area contributed by atoms with Crippen LogP contribution in [0.4, 0.5) is 5.69 Å². The smallest absolute Gasteiger partial charge is 0.261 e. The second kappa shape index (κ2) is 8.86. The summed E-state index contributed by atoms with van der Waals surface area (Å²) >= 11 is 11.9.